The lowest BCUT2D eigenvalue weighted by atomic mass is 10.1. The summed E-state index contributed by atoms with van der Waals surface area (Å²) in [6.07, 6.45) is -0.441. The van der Waals surface area contributed by atoms with Gasteiger partial charge in [0.2, 0.25) is 5.95 Å². The topological polar surface area (TPSA) is 59.1 Å². The molecule has 1 fully saturated rings. The molecular formula is C24H24ClF3N4O. The van der Waals surface area contributed by atoms with Crippen LogP contribution in [0.3, 0.4) is 0 Å². The Morgan fingerprint density at radius 3 is 2.52 bits per heavy atom. The van der Waals surface area contributed by atoms with E-state index in [1.165, 1.54) is 18.2 Å². The third-order valence-corrected chi connectivity index (χ3v) is 6.05. The molecule has 0 radical (unpaired) electrons. The molecule has 1 aliphatic carbocycles. The quantitative estimate of drug-likeness (QED) is 0.388. The average molecular weight is 477 g/mol. The van der Waals surface area contributed by atoms with Crippen LogP contribution < -0.4 is 15.4 Å². The minimum Gasteiger partial charge on any atom is -0.406 e. The van der Waals surface area contributed by atoms with Gasteiger partial charge in [-0.2, -0.15) is 4.98 Å². The Morgan fingerprint density at radius 1 is 1.03 bits per heavy atom. The Morgan fingerprint density at radius 2 is 1.79 bits per heavy atom. The van der Waals surface area contributed by atoms with Gasteiger partial charge in [-0.3, -0.25) is 0 Å². The van der Waals surface area contributed by atoms with E-state index in [0.29, 0.717) is 28.0 Å². The first-order valence-corrected chi connectivity index (χ1v) is 11.1. The van der Waals surface area contributed by atoms with Crippen molar-refractivity contribution >= 4 is 29.1 Å². The molecule has 1 heterocycles. The number of aryl methyl sites for hydroxylation is 1. The van der Waals surface area contributed by atoms with Crippen LogP contribution in [0, 0.1) is 13.8 Å². The molecule has 3 aromatic rings. The highest BCUT2D eigenvalue weighted by molar-refractivity contribution is 6.31. The highest BCUT2D eigenvalue weighted by Crippen LogP contribution is 2.33. The summed E-state index contributed by atoms with van der Waals surface area (Å²) >= 11 is 6.30. The maximum Gasteiger partial charge on any atom is 0.573 e. The van der Waals surface area contributed by atoms with E-state index >= 15 is 0 Å². The Balaban J connectivity index is 1.73. The second-order valence-corrected chi connectivity index (χ2v) is 8.56. The van der Waals surface area contributed by atoms with Crippen molar-refractivity contribution in [1.82, 2.24) is 9.97 Å². The van der Waals surface area contributed by atoms with Crippen LogP contribution in [0.4, 0.5) is 30.6 Å². The summed E-state index contributed by atoms with van der Waals surface area (Å²) in [6.45, 7) is 3.87. The number of hydrogen-bond donors (Lipinski definition) is 2. The summed E-state index contributed by atoms with van der Waals surface area (Å²) < 4.78 is 42.2. The van der Waals surface area contributed by atoms with E-state index in [4.69, 9.17) is 11.6 Å². The standard InChI is InChI=1S/C24H24ClF3N4O/c1-14-10-11-19(25)15(2)22(14)31-21-13-20(30-23(32-21)29-17-7-3-4-8-17)16-6-5-9-18(12-16)33-24(26,27)28/h5-6,9-13,17H,3-4,7-8H2,1-2H3,(H2,29,30,31,32). The van der Waals surface area contributed by atoms with Crippen LogP contribution in [0.1, 0.15) is 36.8 Å². The minimum absolute atomic E-state index is 0.266. The summed E-state index contributed by atoms with van der Waals surface area (Å²) in [4.78, 5) is 9.21. The van der Waals surface area contributed by atoms with Crippen LogP contribution in [0.5, 0.6) is 5.75 Å². The van der Waals surface area contributed by atoms with E-state index in [2.05, 4.69) is 25.3 Å². The lowest BCUT2D eigenvalue weighted by Crippen LogP contribution is -2.17. The Hall–Kier alpha value is -3.00. The molecule has 9 heteroatoms. The first kappa shape index (κ1) is 23.2. The molecule has 0 aliphatic heterocycles. The van der Waals surface area contributed by atoms with Gasteiger partial charge in [0.15, 0.2) is 0 Å². The van der Waals surface area contributed by atoms with E-state index in [1.807, 2.05) is 26.0 Å². The normalized spacial score (nSPS) is 14.4. The van der Waals surface area contributed by atoms with Gasteiger partial charge in [-0.25, -0.2) is 4.98 Å². The fraction of sp³-hybridized carbons (Fsp3) is 0.333. The van der Waals surface area contributed by atoms with Gasteiger partial charge >= 0.3 is 6.36 Å². The summed E-state index contributed by atoms with van der Waals surface area (Å²) in [5, 5.41) is 7.32. The molecule has 2 aromatic carbocycles. The number of halogens is 4. The van der Waals surface area contributed by atoms with Gasteiger partial charge in [0.25, 0.3) is 0 Å². The molecule has 1 aliphatic rings. The van der Waals surface area contributed by atoms with Gasteiger partial charge in [-0.05, 0) is 56.0 Å². The number of ether oxygens (including phenoxy) is 1. The number of nitrogens with one attached hydrogen (secondary N) is 2. The second-order valence-electron chi connectivity index (χ2n) is 8.15. The zero-order chi connectivity index (χ0) is 23.6. The van der Waals surface area contributed by atoms with Crippen molar-refractivity contribution in [2.45, 2.75) is 51.9 Å². The van der Waals surface area contributed by atoms with Crippen molar-refractivity contribution in [2.24, 2.45) is 0 Å². The van der Waals surface area contributed by atoms with E-state index in [1.54, 1.807) is 12.1 Å². The fourth-order valence-corrected chi connectivity index (χ4v) is 4.13. The zero-order valence-corrected chi connectivity index (χ0v) is 19.0. The molecule has 0 amide bonds. The Labute approximate surface area is 195 Å². The molecule has 2 N–H and O–H groups in total. The smallest absolute Gasteiger partial charge is 0.406 e. The molecule has 0 atom stereocenters. The van der Waals surface area contributed by atoms with Crippen LogP contribution in [-0.4, -0.2) is 22.4 Å². The molecule has 174 valence electrons. The highest BCUT2D eigenvalue weighted by atomic mass is 35.5. The predicted molar refractivity (Wildman–Crippen MR) is 124 cm³/mol. The number of benzene rings is 2. The minimum atomic E-state index is -4.77. The van der Waals surface area contributed by atoms with E-state index in [9.17, 15) is 13.2 Å². The Bertz CT molecular complexity index is 1150. The number of alkyl halides is 3. The molecule has 0 saturated heterocycles. The molecule has 0 bridgehead atoms. The largest absolute Gasteiger partial charge is 0.573 e. The van der Waals surface area contributed by atoms with Crippen LogP contribution in [-0.2, 0) is 0 Å². The summed E-state index contributed by atoms with van der Waals surface area (Å²) in [6, 6.07) is 11.5. The molecule has 1 aromatic heterocycles. The monoisotopic (exact) mass is 476 g/mol. The van der Waals surface area contributed by atoms with Crippen LogP contribution in [0.15, 0.2) is 42.5 Å². The van der Waals surface area contributed by atoms with Crippen molar-refractivity contribution in [1.29, 1.82) is 0 Å². The number of nitrogens with zero attached hydrogens (tertiary/aromatic N) is 2. The number of hydrogen-bond acceptors (Lipinski definition) is 5. The van der Waals surface area contributed by atoms with E-state index < -0.39 is 6.36 Å². The first-order valence-electron chi connectivity index (χ1n) is 10.7. The van der Waals surface area contributed by atoms with Gasteiger partial charge < -0.3 is 15.4 Å². The lowest BCUT2D eigenvalue weighted by molar-refractivity contribution is -0.274. The molecular weight excluding hydrogens is 453 g/mol. The molecule has 1 saturated carbocycles. The lowest BCUT2D eigenvalue weighted by Gasteiger charge is -2.17. The maximum atomic E-state index is 12.7. The molecule has 5 nitrogen and oxygen atoms in total. The molecule has 33 heavy (non-hydrogen) atoms. The third kappa shape index (κ3) is 5.87. The van der Waals surface area contributed by atoms with Gasteiger partial charge in [-0.1, -0.05) is 42.6 Å². The van der Waals surface area contributed by atoms with Crippen molar-refractivity contribution in [3.8, 4) is 17.0 Å². The second kappa shape index (κ2) is 9.47. The predicted octanol–water partition coefficient (Wildman–Crippen LogP) is 7.41. The SMILES string of the molecule is Cc1ccc(Cl)c(C)c1Nc1cc(-c2cccc(OC(F)(F)F)c2)nc(NC2CCCC2)n1. The van der Waals surface area contributed by atoms with Crippen molar-refractivity contribution in [3.63, 3.8) is 0 Å². The molecule has 4 rings (SSSR count). The Kier molecular flexibility index (Phi) is 6.65. The van der Waals surface area contributed by atoms with Gasteiger partial charge in [-0.15, -0.1) is 13.2 Å². The maximum absolute atomic E-state index is 12.7. The van der Waals surface area contributed by atoms with Crippen molar-refractivity contribution in [2.75, 3.05) is 10.6 Å². The van der Waals surface area contributed by atoms with Crippen LogP contribution >= 0.6 is 11.6 Å². The molecule has 0 unspecified atom stereocenters. The van der Waals surface area contributed by atoms with E-state index in [0.717, 1.165) is 42.5 Å². The van der Waals surface area contributed by atoms with Gasteiger partial charge in [0.1, 0.15) is 11.6 Å². The number of aromatic nitrogens is 2. The third-order valence-electron chi connectivity index (χ3n) is 5.64. The van der Waals surface area contributed by atoms with Crippen molar-refractivity contribution in [3.05, 3.63) is 58.6 Å². The first-order chi connectivity index (χ1) is 15.7. The summed E-state index contributed by atoms with van der Waals surface area (Å²) in [5.41, 5.74) is 3.65. The average Bonchev–Trinajstić information content (AvgIpc) is 3.26. The number of rotatable bonds is 6. The van der Waals surface area contributed by atoms with Crippen molar-refractivity contribution < 1.29 is 17.9 Å². The van der Waals surface area contributed by atoms with Crippen LogP contribution in [0.25, 0.3) is 11.3 Å². The summed E-state index contributed by atoms with van der Waals surface area (Å²) in [5.74, 6) is 0.623. The van der Waals surface area contributed by atoms with Crippen LogP contribution in [0.2, 0.25) is 5.02 Å². The van der Waals surface area contributed by atoms with Gasteiger partial charge in [0, 0.05) is 28.4 Å². The molecule has 0 spiro atoms. The van der Waals surface area contributed by atoms with E-state index in [-0.39, 0.29) is 11.8 Å². The fourth-order valence-electron chi connectivity index (χ4n) is 3.97. The zero-order valence-electron chi connectivity index (χ0n) is 18.3. The summed E-state index contributed by atoms with van der Waals surface area (Å²) in [7, 11) is 0. The van der Waals surface area contributed by atoms with Gasteiger partial charge in [0.05, 0.1) is 5.69 Å². The number of anilines is 3. The highest BCUT2D eigenvalue weighted by Gasteiger charge is 2.31.